The molecule has 0 aromatic heterocycles. The summed E-state index contributed by atoms with van der Waals surface area (Å²) in [6.07, 6.45) is 5.65. The molecule has 96 valence electrons. The third-order valence-corrected chi connectivity index (χ3v) is 4.47. The van der Waals surface area contributed by atoms with Crippen molar-refractivity contribution in [2.75, 3.05) is 18.1 Å². The van der Waals surface area contributed by atoms with E-state index < -0.39 is 15.4 Å². The van der Waals surface area contributed by atoms with Crippen molar-refractivity contribution in [3.05, 3.63) is 0 Å². The number of terminal acetylenes is 1. The molecule has 0 aromatic carbocycles. The Morgan fingerprint density at radius 2 is 2.18 bits per heavy atom. The number of sulfone groups is 1. The van der Waals surface area contributed by atoms with Gasteiger partial charge in [-0.2, -0.15) is 0 Å². The first-order valence-electron chi connectivity index (χ1n) is 5.41. The first kappa shape index (κ1) is 14.0. The van der Waals surface area contributed by atoms with Crippen molar-refractivity contribution in [1.82, 2.24) is 4.90 Å². The fourth-order valence-corrected chi connectivity index (χ4v) is 3.59. The normalized spacial score (nSPS) is 23.1. The highest BCUT2D eigenvalue weighted by Crippen LogP contribution is 2.19. The Morgan fingerprint density at radius 1 is 1.59 bits per heavy atom. The predicted molar refractivity (Wildman–Crippen MR) is 65.9 cm³/mol. The zero-order valence-corrected chi connectivity index (χ0v) is 11.0. The molecule has 0 bridgehead atoms. The van der Waals surface area contributed by atoms with Crippen LogP contribution in [0.4, 0.5) is 0 Å². The number of hydrogen-bond donors (Lipinski definition) is 1. The lowest BCUT2D eigenvalue weighted by molar-refractivity contribution is -0.136. The standard InChI is InChI=1S/C11H18N2O3S/c1-4-6-13(10(14)11(2,3)12)9-5-7-17(15,16)8-9/h1,9H,5-8,12H2,2-3H3. The van der Waals surface area contributed by atoms with Gasteiger partial charge >= 0.3 is 0 Å². The zero-order valence-electron chi connectivity index (χ0n) is 10.1. The molecule has 1 rings (SSSR count). The van der Waals surface area contributed by atoms with E-state index in [-0.39, 0.29) is 30.0 Å². The molecule has 2 N–H and O–H groups in total. The summed E-state index contributed by atoms with van der Waals surface area (Å²) in [5.41, 5.74) is 4.70. The van der Waals surface area contributed by atoms with E-state index in [1.54, 1.807) is 13.8 Å². The van der Waals surface area contributed by atoms with Crippen molar-refractivity contribution in [2.45, 2.75) is 31.8 Å². The maximum atomic E-state index is 12.1. The number of nitrogens with two attached hydrogens (primary N) is 1. The van der Waals surface area contributed by atoms with Gasteiger partial charge in [0.2, 0.25) is 5.91 Å². The Morgan fingerprint density at radius 3 is 2.53 bits per heavy atom. The fourth-order valence-electron chi connectivity index (χ4n) is 1.86. The van der Waals surface area contributed by atoms with Crippen LogP contribution in [-0.4, -0.2) is 48.9 Å². The Hall–Kier alpha value is -1.06. The fraction of sp³-hybridized carbons (Fsp3) is 0.727. The molecule has 17 heavy (non-hydrogen) atoms. The molecular weight excluding hydrogens is 240 g/mol. The summed E-state index contributed by atoms with van der Waals surface area (Å²) in [4.78, 5) is 13.5. The lowest BCUT2D eigenvalue weighted by Crippen LogP contribution is -2.54. The van der Waals surface area contributed by atoms with Gasteiger partial charge in [-0.3, -0.25) is 4.79 Å². The van der Waals surface area contributed by atoms with Crippen LogP contribution in [0.1, 0.15) is 20.3 Å². The lowest BCUT2D eigenvalue weighted by Gasteiger charge is -2.32. The summed E-state index contributed by atoms with van der Waals surface area (Å²) in [5.74, 6) is 2.16. The van der Waals surface area contributed by atoms with E-state index in [4.69, 9.17) is 12.2 Å². The Kier molecular flexibility index (Phi) is 3.84. The van der Waals surface area contributed by atoms with Gasteiger partial charge in [-0.15, -0.1) is 6.42 Å². The molecule has 1 amide bonds. The molecule has 0 spiro atoms. The second kappa shape index (κ2) is 4.67. The molecule has 1 atom stereocenters. The topological polar surface area (TPSA) is 80.5 Å². The van der Waals surface area contributed by atoms with Crippen molar-refractivity contribution in [3.8, 4) is 12.3 Å². The van der Waals surface area contributed by atoms with E-state index in [2.05, 4.69) is 5.92 Å². The second-order valence-corrected chi connectivity index (χ2v) is 7.14. The molecule has 0 radical (unpaired) electrons. The molecule has 0 aromatic rings. The summed E-state index contributed by atoms with van der Waals surface area (Å²) in [6, 6.07) is -0.341. The summed E-state index contributed by atoms with van der Waals surface area (Å²) in [6.45, 7) is 3.27. The SMILES string of the molecule is C#CCN(C(=O)C(C)(C)N)C1CCS(=O)(=O)C1. The molecule has 1 aliphatic rings. The summed E-state index contributed by atoms with van der Waals surface area (Å²) < 4.78 is 22.8. The molecule has 6 heteroatoms. The second-order valence-electron chi connectivity index (χ2n) is 4.92. The van der Waals surface area contributed by atoms with Crippen molar-refractivity contribution >= 4 is 15.7 Å². The van der Waals surface area contributed by atoms with Crippen molar-refractivity contribution in [1.29, 1.82) is 0 Å². The Bertz CT molecular complexity index is 442. The molecule has 1 aliphatic heterocycles. The number of carbonyl (C=O) groups excluding carboxylic acids is 1. The van der Waals surface area contributed by atoms with Gasteiger partial charge in [0.25, 0.3) is 0 Å². The average Bonchev–Trinajstić information content (AvgIpc) is 2.52. The van der Waals surface area contributed by atoms with Crippen LogP contribution in [0.15, 0.2) is 0 Å². The average molecular weight is 258 g/mol. The number of hydrogen-bond acceptors (Lipinski definition) is 4. The predicted octanol–water partition coefficient (Wildman–Crippen LogP) is -0.627. The first-order valence-corrected chi connectivity index (χ1v) is 7.23. The van der Waals surface area contributed by atoms with Gasteiger partial charge in [0.15, 0.2) is 9.84 Å². The van der Waals surface area contributed by atoms with Crippen LogP contribution in [0.25, 0.3) is 0 Å². The molecule has 1 fully saturated rings. The Balaban J connectivity index is 2.89. The summed E-state index contributed by atoms with van der Waals surface area (Å²) in [5, 5.41) is 0. The summed E-state index contributed by atoms with van der Waals surface area (Å²) in [7, 11) is -3.04. The molecule has 0 saturated carbocycles. The third kappa shape index (κ3) is 3.45. The van der Waals surface area contributed by atoms with Crippen LogP contribution < -0.4 is 5.73 Å². The quantitative estimate of drug-likeness (QED) is 0.684. The van der Waals surface area contributed by atoms with Crippen molar-refractivity contribution in [3.63, 3.8) is 0 Å². The van der Waals surface area contributed by atoms with Crippen LogP contribution in [-0.2, 0) is 14.6 Å². The van der Waals surface area contributed by atoms with E-state index in [0.29, 0.717) is 6.42 Å². The van der Waals surface area contributed by atoms with Crippen molar-refractivity contribution in [2.24, 2.45) is 5.73 Å². The minimum Gasteiger partial charge on any atom is -0.326 e. The number of amides is 1. The monoisotopic (exact) mass is 258 g/mol. The molecule has 1 unspecified atom stereocenters. The van der Waals surface area contributed by atoms with E-state index >= 15 is 0 Å². The van der Waals surface area contributed by atoms with Crippen molar-refractivity contribution < 1.29 is 13.2 Å². The van der Waals surface area contributed by atoms with Gasteiger partial charge in [0.1, 0.15) is 0 Å². The van der Waals surface area contributed by atoms with Gasteiger partial charge in [0.05, 0.1) is 23.6 Å². The van der Waals surface area contributed by atoms with E-state index in [1.165, 1.54) is 4.90 Å². The molecule has 0 aliphatic carbocycles. The maximum Gasteiger partial charge on any atom is 0.243 e. The molecule has 1 heterocycles. The number of rotatable bonds is 3. The number of nitrogens with zero attached hydrogens (tertiary/aromatic N) is 1. The minimum atomic E-state index is -3.04. The molecule has 5 nitrogen and oxygen atoms in total. The van der Waals surface area contributed by atoms with Crippen LogP contribution >= 0.6 is 0 Å². The molecule has 1 saturated heterocycles. The lowest BCUT2D eigenvalue weighted by atomic mass is 10.0. The van der Waals surface area contributed by atoms with Gasteiger partial charge < -0.3 is 10.6 Å². The van der Waals surface area contributed by atoms with Crippen LogP contribution in [0.3, 0.4) is 0 Å². The highest BCUT2D eigenvalue weighted by molar-refractivity contribution is 7.91. The van der Waals surface area contributed by atoms with Gasteiger partial charge in [-0.1, -0.05) is 5.92 Å². The van der Waals surface area contributed by atoms with Crippen LogP contribution in [0.5, 0.6) is 0 Å². The summed E-state index contributed by atoms with van der Waals surface area (Å²) >= 11 is 0. The largest absolute Gasteiger partial charge is 0.326 e. The first-order chi connectivity index (χ1) is 7.67. The highest BCUT2D eigenvalue weighted by atomic mass is 32.2. The smallest absolute Gasteiger partial charge is 0.243 e. The van der Waals surface area contributed by atoms with Gasteiger partial charge in [0, 0.05) is 6.04 Å². The van der Waals surface area contributed by atoms with E-state index in [1.807, 2.05) is 0 Å². The minimum absolute atomic E-state index is 0.0174. The zero-order chi connectivity index (χ0) is 13.3. The van der Waals surface area contributed by atoms with Gasteiger partial charge in [-0.25, -0.2) is 8.42 Å². The Labute approximate surface area is 102 Å². The number of carbonyl (C=O) groups is 1. The maximum absolute atomic E-state index is 12.1. The highest BCUT2D eigenvalue weighted by Gasteiger charge is 2.37. The van der Waals surface area contributed by atoms with Crippen LogP contribution in [0, 0.1) is 12.3 Å². The van der Waals surface area contributed by atoms with Gasteiger partial charge in [-0.05, 0) is 20.3 Å². The van der Waals surface area contributed by atoms with E-state index in [0.717, 1.165) is 0 Å². The third-order valence-electron chi connectivity index (χ3n) is 2.72. The molecular formula is C11H18N2O3S. The van der Waals surface area contributed by atoms with E-state index in [9.17, 15) is 13.2 Å². The van der Waals surface area contributed by atoms with Crippen LogP contribution in [0.2, 0.25) is 0 Å².